The minimum absolute atomic E-state index is 0.0949. The van der Waals surface area contributed by atoms with Gasteiger partial charge in [-0.2, -0.15) is 0 Å². The van der Waals surface area contributed by atoms with Gasteiger partial charge in [-0.05, 0) is 11.4 Å². The number of amides is 1. The number of azide groups is 1. The Morgan fingerprint density at radius 3 is 2.84 bits per heavy atom. The lowest BCUT2D eigenvalue weighted by atomic mass is 9.88. The highest BCUT2D eigenvalue weighted by molar-refractivity contribution is 5.88. The van der Waals surface area contributed by atoms with E-state index in [-0.39, 0.29) is 24.8 Å². The zero-order chi connectivity index (χ0) is 13.9. The number of aliphatic carboxylic acids is 1. The summed E-state index contributed by atoms with van der Waals surface area (Å²) in [5.74, 6) is -1.25. The summed E-state index contributed by atoms with van der Waals surface area (Å²) in [7, 11) is 0. The summed E-state index contributed by atoms with van der Waals surface area (Å²) in [6, 6.07) is 0. The Morgan fingerprint density at radius 1 is 1.58 bits per heavy atom. The quantitative estimate of drug-likeness (QED) is 0.460. The Morgan fingerprint density at radius 2 is 2.26 bits per heavy atom. The second kappa shape index (κ2) is 5.46. The van der Waals surface area contributed by atoms with Crippen molar-refractivity contribution in [3.8, 4) is 0 Å². The van der Waals surface area contributed by atoms with Crippen LogP contribution in [0.5, 0.6) is 0 Å². The first kappa shape index (κ1) is 13.6. The highest BCUT2D eigenvalue weighted by Crippen LogP contribution is 2.34. The van der Waals surface area contributed by atoms with Gasteiger partial charge in [-0.15, -0.1) is 0 Å². The van der Waals surface area contributed by atoms with Crippen LogP contribution in [-0.2, 0) is 14.3 Å². The molecule has 1 unspecified atom stereocenters. The summed E-state index contributed by atoms with van der Waals surface area (Å²) >= 11 is 0. The fourth-order valence-electron chi connectivity index (χ4n) is 2.78. The Balaban J connectivity index is 2.16. The number of ether oxygens (including phenoxy) is 1. The van der Waals surface area contributed by atoms with Gasteiger partial charge in [-0.3, -0.25) is 4.79 Å². The van der Waals surface area contributed by atoms with Crippen LogP contribution in [0.2, 0.25) is 0 Å². The molecule has 0 bridgehead atoms. The van der Waals surface area contributed by atoms with Gasteiger partial charge in [0.2, 0.25) is 5.91 Å². The number of nitrogens with zero attached hydrogens (tertiary/aromatic N) is 4. The number of likely N-dealkylation sites (tertiary alicyclic amines) is 1. The van der Waals surface area contributed by atoms with Crippen molar-refractivity contribution in [2.75, 3.05) is 26.3 Å². The van der Waals surface area contributed by atoms with Gasteiger partial charge < -0.3 is 14.7 Å². The van der Waals surface area contributed by atoms with E-state index in [4.69, 9.17) is 10.3 Å². The van der Waals surface area contributed by atoms with Crippen molar-refractivity contribution in [3.63, 3.8) is 0 Å². The van der Waals surface area contributed by atoms with Gasteiger partial charge in [0, 0.05) is 50.5 Å². The van der Waals surface area contributed by atoms with Crippen molar-refractivity contribution in [1.82, 2.24) is 4.90 Å². The zero-order valence-electron chi connectivity index (χ0n) is 10.5. The molecule has 2 heterocycles. The number of carboxylic acid groups (broad SMARTS) is 1. The van der Waals surface area contributed by atoms with Crippen LogP contribution in [0.1, 0.15) is 19.3 Å². The van der Waals surface area contributed by atoms with E-state index in [1.807, 2.05) is 0 Å². The molecule has 2 aliphatic rings. The number of rotatable bonds is 4. The van der Waals surface area contributed by atoms with E-state index >= 15 is 0 Å². The summed E-state index contributed by atoms with van der Waals surface area (Å²) in [4.78, 5) is 27.8. The van der Waals surface area contributed by atoms with E-state index in [1.165, 1.54) is 4.90 Å². The topological polar surface area (TPSA) is 116 Å². The van der Waals surface area contributed by atoms with E-state index < -0.39 is 11.5 Å². The summed E-state index contributed by atoms with van der Waals surface area (Å²) in [6.07, 6.45) is 0.861. The smallest absolute Gasteiger partial charge is 0.329 e. The van der Waals surface area contributed by atoms with E-state index in [0.29, 0.717) is 32.6 Å². The second-order valence-corrected chi connectivity index (χ2v) is 4.94. The van der Waals surface area contributed by atoms with Gasteiger partial charge in [0.15, 0.2) is 0 Å². The molecule has 0 saturated carbocycles. The van der Waals surface area contributed by atoms with E-state index in [9.17, 15) is 14.7 Å². The molecular weight excluding hydrogens is 252 g/mol. The predicted octanol–water partition coefficient (Wildman–Crippen LogP) is 0.779. The summed E-state index contributed by atoms with van der Waals surface area (Å²) < 4.78 is 5.19. The van der Waals surface area contributed by atoms with E-state index in [0.717, 1.165) is 0 Å². The van der Waals surface area contributed by atoms with Crippen LogP contribution < -0.4 is 0 Å². The normalized spacial score (nSPS) is 26.0. The fourth-order valence-corrected chi connectivity index (χ4v) is 2.78. The predicted molar refractivity (Wildman–Crippen MR) is 64.3 cm³/mol. The van der Waals surface area contributed by atoms with Crippen molar-refractivity contribution >= 4 is 11.9 Å². The highest BCUT2D eigenvalue weighted by Gasteiger charge is 2.50. The Kier molecular flexibility index (Phi) is 3.92. The maximum atomic E-state index is 12.0. The van der Waals surface area contributed by atoms with Gasteiger partial charge in [0.1, 0.15) is 5.54 Å². The van der Waals surface area contributed by atoms with Crippen LogP contribution in [0, 0.1) is 5.92 Å². The number of carbonyl (C=O) groups excluding carboxylic acids is 1. The molecule has 104 valence electrons. The lowest BCUT2D eigenvalue weighted by Crippen LogP contribution is -2.58. The van der Waals surface area contributed by atoms with Gasteiger partial charge in [0.05, 0.1) is 0 Å². The summed E-state index contributed by atoms with van der Waals surface area (Å²) in [5.41, 5.74) is 7.14. The highest BCUT2D eigenvalue weighted by atomic mass is 16.5. The molecule has 1 atom stereocenters. The third-order valence-corrected chi connectivity index (χ3v) is 3.84. The average molecular weight is 268 g/mol. The Hall–Kier alpha value is -1.79. The Labute approximate surface area is 110 Å². The molecule has 19 heavy (non-hydrogen) atoms. The first-order valence-electron chi connectivity index (χ1n) is 6.22. The van der Waals surface area contributed by atoms with Crippen LogP contribution in [0.4, 0.5) is 0 Å². The molecule has 1 amide bonds. The molecule has 0 aromatic rings. The monoisotopic (exact) mass is 268 g/mol. The minimum atomic E-state index is -1.15. The maximum absolute atomic E-state index is 12.0. The van der Waals surface area contributed by atoms with Gasteiger partial charge >= 0.3 is 5.97 Å². The Bertz CT molecular complexity index is 426. The molecule has 8 nitrogen and oxygen atoms in total. The van der Waals surface area contributed by atoms with Gasteiger partial charge in [-0.25, -0.2) is 4.79 Å². The van der Waals surface area contributed by atoms with Crippen molar-refractivity contribution in [3.05, 3.63) is 10.4 Å². The van der Waals surface area contributed by atoms with Crippen LogP contribution >= 0.6 is 0 Å². The average Bonchev–Trinajstić information content (AvgIpc) is 2.78. The third-order valence-electron chi connectivity index (χ3n) is 3.84. The largest absolute Gasteiger partial charge is 0.479 e. The first-order valence-corrected chi connectivity index (χ1v) is 6.22. The summed E-state index contributed by atoms with van der Waals surface area (Å²) in [6.45, 7) is 1.25. The standard InChI is InChI=1S/C11H16N4O4/c12-14-13-6-8-5-9(16)15(7-8)11(10(17)18)1-3-19-4-2-11/h8H,1-7H2,(H,17,18). The molecule has 8 heteroatoms. The molecule has 1 N–H and O–H groups in total. The fraction of sp³-hybridized carbons (Fsp3) is 0.818. The van der Waals surface area contributed by atoms with Gasteiger partial charge in [-0.1, -0.05) is 5.11 Å². The minimum Gasteiger partial charge on any atom is -0.479 e. The zero-order valence-corrected chi connectivity index (χ0v) is 10.5. The SMILES string of the molecule is [N-]=[N+]=NCC1CC(=O)N(C2(C(=O)O)CCOCC2)C1. The molecule has 0 radical (unpaired) electrons. The van der Waals surface area contributed by atoms with Gasteiger partial charge in [0.25, 0.3) is 0 Å². The van der Waals surface area contributed by atoms with Crippen LogP contribution in [-0.4, -0.2) is 53.7 Å². The molecule has 0 spiro atoms. The molecule has 0 aromatic carbocycles. The lowest BCUT2D eigenvalue weighted by Gasteiger charge is -2.40. The lowest BCUT2D eigenvalue weighted by molar-refractivity contribution is -0.163. The van der Waals surface area contributed by atoms with Crippen molar-refractivity contribution in [1.29, 1.82) is 0 Å². The van der Waals surface area contributed by atoms with Crippen molar-refractivity contribution in [2.24, 2.45) is 11.0 Å². The van der Waals surface area contributed by atoms with Crippen molar-refractivity contribution < 1.29 is 19.4 Å². The molecule has 0 aromatic heterocycles. The summed E-state index contributed by atoms with van der Waals surface area (Å²) in [5, 5.41) is 13.0. The number of carbonyl (C=O) groups is 2. The molecule has 2 aliphatic heterocycles. The molecule has 0 aliphatic carbocycles. The van der Waals surface area contributed by atoms with Crippen LogP contribution in [0.3, 0.4) is 0 Å². The van der Waals surface area contributed by atoms with Crippen LogP contribution in [0.15, 0.2) is 5.11 Å². The molecule has 2 fully saturated rings. The van der Waals surface area contributed by atoms with E-state index in [2.05, 4.69) is 10.0 Å². The van der Waals surface area contributed by atoms with Crippen LogP contribution in [0.25, 0.3) is 10.4 Å². The second-order valence-electron chi connectivity index (χ2n) is 4.94. The maximum Gasteiger partial charge on any atom is 0.329 e. The number of hydrogen-bond donors (Lipinski definition) is 1. The number of hydrogen-bond acceptors (Lipinski definition) is 4. The van der Waals surface area contributed by atoms with Crippen molar-refractivity contribution in [2.45, 2.75) is 24.8 Å². The molecule has 2 rings (SSSR count). The molecular formula is C11H16N4O4. The third kappa shape index (κ3) is 2.50. The number of carboxylic acids is 1. The first-order chi connectivity index (χ1) is 9.10. The van der Waals surface area contributed by atoms with E-state index in [1.54, 1.807) is 0 Å². The molecule has 2 saturated heterocycles.